The van der Waals surface area contributed by atoms with Gasteiger partial charge in [0.2, 0.25) is 11.9 Å². The van der Waals surface area contributed by atoms with Gasteiger partial charge in [0.25, 0.3) is 0 Å². The van der Waals surface area contributed by atoms with Crippen molar-refractivity contribution in [2.45, 2.75) is 33.1 Å². The molecule has 1 atom stereocenters. The zero-order valence-electron chi connectivity index (χ0n) is 16.0. The summed E-state index contributed by atoms with van der Waals surface area (Å²) >= 11 is 0. The van der Waals surface area contributed by atoms with Crippen molar-refractivity contribution in [1.82, 2.24) is 9.97 Å². The molecule has 2 heterocycles. The number of nitrogens with zero attached hydrogens (tertiary/aromatic N) is 3. The number of ether oxygens (including phenoxy) is 1. The number of rotatable bonds is 3. The maximum Gasteiger partial charge on any atom is 0.227 e. The summed E-state index contributed by atoms with van der Waals surface area (Å²) in [7, 11) is 0. The lowest BCUT2D eigenvalue weighted by Crippen LogP contribution is -2.38. The molecule has 4 rings (SSSR count). The number of hydrogen-bond acceptors (Lipinski definition) is 5. The number of anilines is 2. The molecular weight excluding hydrogens is 340 g/mol. The number of aromatic nitrogens is 2. The number of fused-ring (bicyclic) bond motifs is 1. The lowest BCUT2D eigenvalue weighted by atomic mass is 9.86. The van der Waals surface area contributed by atoms with Crippen LogP contribution in [0.4, 0.5) is 11.6 Å². The van der Waals surface area contributed by atoms with Gasteiger partial charge in [0.05, 0.1) is 13.2 Å². The van der Waals surface area contributed by atoms with E-state index >= 15 is 0 Å². The minimum absolute atomic E-state index is 0.0322. The molecule has 142 valence electrons. The Morgan fingerprint density at radius 2 is 2.07 bits per heavy atom. The average molecular weight is 366 g/mol. The molecule has 1 aliphatic heterocycles. The van der Waals surface area contributed by atoms with Crippen molar-refractivity contribution < 1.29 is 9.53 Å². The number of hydrogen-bond donors (Lipinski definition) is 1. The van der Waals surface area contributed by atoms with Gasteiger partial charge in [-0.05, 0) is 55.9 Å². The quantitative estimate of drug-likeness (QED) is 0.905. The van der Waals surface area contributed by atoms with E-state index in [4.69, 9.17) is 9.72 Å². The molecule has 1 amide bonds. The third-order valence-electron chi connectivity index (χ3n) is 5.66. The van der Waals surface area contributed by atoms with E-state index in [2.05, 4.69) is 28.2 Å². The minimum atomic E-state index is -0.0322. The molecule has 1 aliphatic carbocycles. The highest BCUT2D eigenvalue weighted by atomic mass is 16.5. The van der Waals surface area contributed by atoms with Gasteiger partial charge in [-0.3, -0.25) is 4.79 Å². The summed E-state index contributed by atoms with van der Waals surface area (Å²) in [5.74, 6) is 0.845. The topological polar surface area (TPSA) is 67.4 Å². The molecule has 0 saturated carbocycles. The van der Waals surface area contributed by atoms with E-state index in [1.54, 1.807) is 0 Å². The fourth-order valence-corrected chi connectivity index (χ4v) is 3.76. The van der Waals surface area contributed by atoms with Gasteiger partial charge in [0.1, 0.15) is 0 Å². The summed E-state index contributed by atoms with van der Waals surface area (Å²) in [6.07, 6.45) is 4.25. The van der Waals surface area contributed by atoms with Crippen LogP contribution in [0.3, 0.4) is 0 Å². The molecule has 1 fully saturated rings. The zero-order chi connectivity index (χ0) is 18.8. The van der Waals surface area contributed by atoms with E-state index in [1.165, 1.54) is 5.56 Å². The van der Waals surface area contributed by atoms with Crippen LogP contribution in [0.2, 0.25) is 0 Å². The van der Waals surface area contributed by atoms with Crippen molar-refractivity contribution >= 4 is 17.5 Å². The Labute approximate surface area is 160 Å². The number of morpholine rings is 1. The third kappa shape index (κ3) is 3.81. The Morgan fingerprint density at radius 1 is 1.26 bits per heavy atom. The van der Waals surface area contributed by atoms with Gasteiger partial charge in [-0.15, -0.1) is 0 Å². The zero-order valence-corrected chi connectivity index (χ0v) is 16.0. The minimum Gasteiger partial charge on any atom is -0.378 e. The number of amides is 1. The fraction of sp³-hybridized carbons (Fsp3) is 0.476. The number of aryl methyl sites for hydroxylation is 2. The van der Waals surface area contributed by atoms with Crippen LogP contribution in [0.1, 0.15) is 28.8 Å². The van der Waals surface area contributed by atoms with E-state index in [1.807, 2.05) is 25.3 Å². The second kappa shape index (κ2) is 7.64. The van der Waals surface area contributed by atoms with Gasteiger partial charge < -0.3 is 15.0 Å². The lowest BCUT2D eigenvalue weighted by molar-refractivity contribution is -0.120. The van der Waals surface area contributed by atoms with Crippen molar-refractivity contribution in [3.8, 4) is 0 Å². The highest BCUT2D eigenvalue weighted by molar-refractivity contribution is 5.93. The number of benzene rings is 1. The van der Waals surface area contributed by atoms with Crippen molar-refractivity contribution in [2.24, 2.45) is 5.92 Å². The molecule has 0 bridgehead atoms. The number of nitrogens with one attached hydrogen (secondary N) is 1. The molecule has 2 aromatic rings. The molecule has 1 aromatic carbocycles. The van der Waals surface area contributed by atoms with Gasteiger partial charge in [0, 0.05) is 36.6 Å². The predicted molar refractivity (Wildman–Crippen MR) is 105 cm³/mol. The Balaban J connectivity index is 1.45. The van der Waals surface area contributed by atoms with Crippen LogP contribution in [0.25, 0.3) is 0 Å². The van der Waals surface area contributed by atoms with Gasteiger partial charge in [-0.1, -0.05) is 12.1 Å². The van der Waals surface area contributed by atoms with Gasteiger partial charge in [-0.2, -0.15) is 0 Å². The van der Waals surface area contributed by atoms with E-state index < -0.39 is 0 Å². The molecule has 1 N–H and O–H groups in total. The van der Waals surface area contributed by atoms with E-state index in [9.17, 15) is 4.79 Å². The van der Waals surface area contributed by atoms with Crippen LogP contribution >= 0.6 is 0 Å². The predicted octanol–water partition coefficient (Wildman–Crippen LogP) is 2.67. The molecule has 1 aromatic heterocycles. The Hall–Kier alpha value is -2.47. The Kier molecular flexibility index (Phi) is 5.07. The first-order valence-electron chi connectivity index (χ1n) is 9.66. The fourth-order valence-electron chi connectivity index (χ4n) is 3.76. The van der Waals surface area contributed by atoms with Gasteiger partial charge in [-0.25, -0.2) is 9.97 Å². The lowest BCUT2D eigenvalue weighted by Gasteiger charge is -2.29. The molecule has 0 unspecified atom stereocenters. The molecule has 0 spiro atoms. The van der Waals surface area contributed by atoms with E-state index in [0.717, 1.165) is 67.6 Å². The standard InChI is InChI=1S/C21H26N4O2/c1-14-4-3-5-18(15(14)2)23-20(26)16-6-7-19-17(12-16)13-22-21(24-19)25-8-10-27-11-9-25/h3-5,13,16H,6-12H2,1-2H3,(H,23,26)/t16-/m0/s1. The summed E-state index contributed by atoms with van der Waals surface area (Å²) in [6, 6.07) is 6.01. The Bertz CT molecular complexity index is 846. The van der Waals surface area contributed by atoms with Crippen LogP contribution in [0.15, 0.2) is 24.4 Å². The van der Waals surface area contributed by atoms with Crippen molar-refractivity contribution in [3.63, 3.8) is 0 Å². The van der Waals surface area contributed by atoms with E-state index in [-0.39, 0.29) is 11.8 Å². The summed E-state index contributed by atoms with van der Waals surface area (Å²) < 4.78 is 5.40. The smallest absolute Gasteiger partial charge is 0.227 e. The third-order valence-corrected chi connectivity index (χ3v) is 5.66. The normalized spacial score (nSPS) is 19.5. The van der Waals surface area contributed by atoms with Crippen LogP contribution in [-0.4, -0.2) is 42.2 Å². The largest absolute Gasteiger partial charge is 0.378 e. The molecule has 1 saturated heterocycles. The first kappa shape index (κ1) is 17.9. The molecule has 27 heavy (non-hydrogen) atoms. The first-order valence-corrected chi connectivity index (χ1v) is 9.66. The second-order valence-electron chi connectivity index (χ2n) is 7.42. The first-order chi connectivity index (χ1) is 13.1. The molecule has 0 radical (unpaired) electrons. The van der Waals surface area contributed by atoms with E-state index in [0.29, 0.717) is 6.42 Å². The number of carbonyl (C=O) groups excluding carboxylic acids is 1. The van der Waals surface area contributed by atoms with Crippen LogP contribution < -0.4 is 10.2 Å². The maximum atomic E-state index is 12.8. The molecule has 6 nitrogen and oxygen atoms in total. The summed E-state index contributed by atoms with van der Waals surface area (Å²) in [6.45, 7) is 7.22. The summed E-state index contributed by atoms with van der Waals surface area (Å²) in [5.41, 5.74) is 5.40. The molecule has 6 heteroatoms. The maximum absolute atomic E-state index is 12.8. The van der Waals surface area contributed by atoms with Crippen LogP contribution in [-0.2, 0) is 22.4 Å². The van der Waals surface area contributed by atoms with Crippen LogP contribution in [0, 0.1) is 19.8 Å². The number of carbonyl (C=O) groups is 1. The van der Waals surface area contributed by atoms with Gasteiger partial charge in [0.15, 0.2) is 0 Å². The summed E-state index contributed by atoms with van der Waals surface area (Å²) in [5, 5.41) is 3.11. The monoisotopic (exact) mass is 366 g/mol. The van der Waals surface area contributed by atoms with Crippen molar-refractivity contribution in [2.75, 3.05) is 36.5 Å². The van der Waals surface area contributed by atoms with Gasteiger partial charge >= 0.3 is 0 Å². The average Bonchev–Trinajstić information content (AvgIpc) is 2.71. The SMILES string of the molecule is Cc1cccc(NC(=O)[C@H]2CCc3nc(N4CCOCC4)ncc3C2)c1C. The Morgan fingerprint density at radius 3 is 2.89 bits per heavy atom. The van der Waals surface area contributed by atoms with Crippen molar-refractivity contribution in [1.29, 1.82) is 0 Å². The summed E-state index contributed by atoms with van der Waals surface area (Å²) in [4.78, 5) is 24.3. The molecule has 2 aliphatic rings. The molecular formula is C21H26N4O2. The second-order valence-corrected chi connectivity index (χ2v) is 7.42. The highest BCUT2D eigenvalue weighted by Crippen LogP contribution is 2.27. The highest BCUT2D eigenvalue weighted by Gasteiger charge is 2.27. The van der Waals surface area contributed by atoms with Crippen molar-refractivity contribution in [3.05, 3.63) is 46.8 Å². The van der Waals surface area contributed by atoms with Crippen LogP contribution in [0.5, 0.6) is 0 Å².